The molecule has 0 saturated heterocycles. The number of rotatable bonds is 7. The molecule has 1 rings (SSSR count). The molecule has 0 spiro atoms. The van der Waals surface area contributed by atoms with Gasteiger partial charge in [0.15, 0.2) is 0 Å². The zero-order chi connectivity index (χ0) is 13.6. The lowest BCUT2D eigenvalue weighted by atomic mass is 9.95. The van der Waals surface area contributed by atoms with Gasteiger partial charge in [0.2, 0.25) is 0 Å². The molecule has 1 aromatic rings. The summed E-state index contributed by atoms with van der Waals surface area (Å²) in [6.07, 6.45) is 3.65. The number of sulfone groups is 1. The Bertz CT molecular complexity index is 456. The monoisotopic (exact) mass is 289 g/mol. The van der Waals surface area contributed by atoms with Gasteiger partial charge in [-0.25, -0.2) is 8.42 Å². The molecule has 0 aliphatic heterocycles. The van der Waals surface area contributed by atoms with E-state index in [1.54, 1.807) is 0 Å². The maximum absolute atomic E-state index is 11.1. The van der Waals surface area contributed by atoms with Crippen LogP contribution in [0.3, 0.4) is 0 Å². The zero-order valence-electron chi connectivity index (χ0n) is 10.6. The highest BCUT2D eigenvalue weighted by atomic mass is 35.5. The number of halogens is 1. The summed E-state index contributed by atoms with van der Waals surface area (Å²) < 4.78 is 22.1. The Morgan fingerprint density at radius 3 is 2.39 bits per heavy atom. The lowest BCUT2D eigenvalue weighted by Gasteiger charge is -2.14. The molecular formula is C13H20ClNO2S. The maximum Gasteiger partial charge on any atom is 0.147 e. The molecule has 0 saturated carbocycles. The summed E-state index contributed by atoms with van der Waals surface area (Å²) in [6.45, 7) is 0.576. The highest BCUT2D eigenvalue weighted by Gasteiger charge is 2.10. The van der Waals surface area contributed by atoms with Crippen molar-refractivity contribution in [2.45, 2.75) is 19.3 Å². The topological polar surface area (TPSA) is 60.2 Å². The summed E-state index contributed by atoms with van der Waals surface area (Å²) in [6, 6.07) is 7.70. The van der Waals surface area contributed by atoms with Gasteiger partial charge in [-0.1, -0.05) is 23.7 Å². The van der Waals surface area contributed by atoms with Crippen molar-refractivity contribution in [2.75, 3.05) is 18.6 Å². The average Bonchev–Trinajstić information content (AvgIpc) is 2.29. The standard InChI is InChI=1S/C13H20ClNO2S/c1-18(16,17)8-2-3-12(10-15)9-11-4-6-13(14)7-5-11/h4-7,12H,2-3,8-10,15H2,1H3. The number of benzene rings is 1. The summed E-state index contributed by atoms with van der Waals surface area (Å²) in [4.78, 5) is 0. The van der Waals surface area contributed by atoms with Crippen LogP contribution in [0.4, 0.5) is 0 Å². The summed E-state index contributed by atoms with van der Waals surface area (Å²) >= 11 is 5.82. The molecular weight excluding hydrogens is 270 g/mol. The molecule has 1 aromatic carbocycles. The fourth-order valence-corrected chi connectivity index (χ4v) is 2.71. The minimum Gasteiger partial charge on any atom is -0.330 e. The second kappa shape index (κ2) is 7.12. The van der Waals surface area contributed by atoms with Crippen molar-refractivity contribution in [3.63, 3.8) is 0 Å². The van der Waals surface area contributed by atoms with Crippen molar-refractivity contribution in [3.8, 4) is 0 Å². The van der Waals surface area contributed by atoms with Gasteiger partial charge in [0.25, 0.3) is 0 Å². The molecule has 0 aromatic heterocycles. The van der Waals surface area contributed by atoms with Gasteiger partial charge < -0.3 is 5.73 Å². The molecule has 0 bridgehead atoms. The fourth-order valence-electron chi connectivity index (χ4n) is 1.89. The third-order valence-corrected chi connectivity index (χ3v) is 4.18. The molecule has 0 heterocycles. The Morgan fingerprint density at radius 2 is 1.89 bits per heavy atom. The van der Waals surface area contributed by atoms with Crippen LogP contribution in [-0.4, -0.2) is 27.0 Å². The van der Waals surface area contributed by atoms with Crippen LogP contribution in [0.5, 0.6) is 0 Å². The Balaban J connectivity index is 2.44. The number of hydrogen-bond acceptors (Lipinski definition) is 3. The van der Waals surface area contributed by atoms with Gasteiger partial charge in [-0.05, 0) is 49.4 Å². The van der Waals surface area contributed by atoms with E-state index in [4.69, 9.17) is 17.3 Å². The Labute approximate surface area is 114 Å². The van der Waals surface area contributed by atoms with Crippen LogP contribution in [0.2, 0.25) is 5.02 Å². The van der Waals surface area contributed by atoms with E-state index < -0.39 is 9.84 Å². The second-order valence-electron chi connectivity index (χ2n) is 4.70. The molecule has 3 nitrogen and oxygen atoms in total. The summed E-state index contributed by atoms with van der Waals surface area (Å²) in [5.41, 5.74) is 6.91. The lowest BCUT2D eigenvalue weighted by molar-refractivity contribution is 0.486. The van der Waals surface area contributed by atoms with Crippen molar-refractivity contribution < 1.29 is 8.42 Å². The van der Waals surface area contributed by atoms with Crippen LogP contribution in [0, 0.1) is 5.92 Å². The predicted molar refractivity (Wildman–Crippen MR) is 76.6 cm³/mol. The third kappa shape index (κ3) is 6.38. The van der Waals surface area contributed by atoms with Gasteiger partial charge >= 0.3 is 0 Å². The summed E-state index contributed by atoms with van der Waals surface area (Å²) in [5.74, 6) is 0.567. The summed E-state index contributed by atoms with van der Waals surface area (Å²) in [7, 11) is -2.86. The lowest BCUT2D eigenvalue weighted by Crippen LogP contribution is -2.18. The average molecular weight is 290 g/mol. The smallest absolute Gasteiger partial charge is 0.147 e. The van der Waals surface area contributed by atoms with Gasteiger partial charge in [-0.3, -0.25) is 0 Å². The molecule has 0 radical (unpaired) electrons. The van der Waals surface area contributed by atoms with E-state index in [1.165, 1.54) is 11.8 Å². The van der Waals surface area contributed by atoms with Gasteiger partial charge in [-0.15, -0.1) is 0 Å². The molecule has 0 aliphatic rings. The van der Waals surface area contributed by atoms with E-state index in [-0.39, 0.29) is 5.75 Å². The molecule has 0 fully saturated rings. The van der Waals surface area contributed by atoms with Crippen molar-refractivity contribution in [1.29, 1.82) is 0 Å². The first-order valence-electron chi connectivity index (χ1n) is 6.03. The van der Waals surface area contributed by atoms with Gasteiger partial charge in [0.05, 0.1) is 0 Å². The highest BCUT2D eigenvalue weighted by molar-refractivity contribution is 7.90. The molecule has 1 atom stereocenters. The van der Waals surface area contributed by atoms with E-state index in [9.17, 15) is 8.42 Å². The van der Waals surface area contributed by atoms with Crippen LogP contribution < -0.4 is 5.73 Å². The van der Waals surface area contributed by atoms with Gasteiger partial charge in [-0.2, -0.15) is 0 Å². The molecule has 0 aliphatic carbocycles. The second-order valence-corrected chi connectivity index (χ2v) is 7.40. The minimum absolute atomic E-state index is 0.240. The predicted octanol–water partition coefficient (Wildman–Crippen LogP) is 2.28. The first-order valence-corrected chi connectivity index (χ1v) is 8.47. The largest absolute Gasteiger partial charge is 0.330 e. The summed E-state index contributed by atoms with van der Waals surface area (Å²) in [5, 5.41) is 0.722. The highest BCUT2D eigenvalue weighted by Crippen LogP contribution is 2.16. The normalized spacial score (nSPS) is 13.5. The first-order chi connectivity index (χ1) is 8.40. The van der Waals surface area contributed by atoms with Crippen LogP contribution >= 0.6 is 11.6 Å². The van der Waals surface area contributed by atoms with Crippen molar-refractivity contribution in [1.82, 2.24) is 0 Å². The van der Waals surface area contributed by atoms with Crippen LogP contribution in [0.25, 0.3) is 0 Å². The van der Waals surface area contributed by atoms with Crippen LogP contribution in [-0.2, 0) is 16.3 Å². The minimum atomic E-state index is -2.86. The quantitative estimate of drug-likeness (QED) is 0.838. The van der Waals surface area contributed by atoms with E-state index in [0.717, 1.165) is 17.9 Å². The molecule has 0 amide bonds. The van der Waals surface area contributed by atoms with Gasteiger partial charge in [0, 0.05) is 17.0 Å². The van der Waals surface area contributed by atoms with Crippen molar-refractivity contribution in [3.05, 3.63) is 34.9 Å². The maximum atomic E-state index is 11.1. The molecule has 1 unspecified atom stereocenters. The molecule has 5 heteroatoms. The number of hydrogen-bond donors (Lipinski definition) is 1. The van der Waals surface area contributed by atoms with E-state index in [1.807, 2.05) is 24.3 Å². The Kier molecular flexibility index (Phi) is 6.12. The fraction of sp³-hybridized carbons (Fsp3) is 0.538. The Morgan fingerprint density at radius 1 is 1.28 bits per heavy atom. The van der Waals surface area contributed by atoms with Crippen molar-refractivity contribution in [2.24, 2.45) is 11.7 Å². The van der Waals surface area contributed by atoms with E-state index >= 15 is 0 Å². The molecule has 102 valence electrons. The third-order valence-electron chi connectivity index (χ3n) is 2.90. The van der Waals surface area contributed by atoms with Crippen LogP contribution in [0.15, 0.2) is 24.3 Å². The first kappa shape index (κ1) is 15.5. The van der Waals surface area contributed by atoms with E-state index in [2.05, 4.69) is 0 Å². The molecule has 2 N–H and O–H groups in total. The van der Waals surface area contributed by atoms with Crippen LogP contribution in [0.1, 0.15) is 18.4 Å². The van der Waals surface area contributed by atoms with Gasteiger partial charge in [0.1, 0.15) is 9.84 Å². The SMILES string of the molecule is CS(=O)(=O)CCCC(CN)Cc1ccc(Cl)cc1. The number of nitrogens with two attached hydrogens (primary N) is 1. The zero-order valence-corrected chi connectivity index (χ0v) is 12.2. The Hall–Kier alpha value is -0.580. The van der Waals surface area contributed by atoms with E-state index in [0.29, 0.717) is 18.9 Å². The van der Waals surface area contributed by atoms with Crippen molar-refractivity contribution >= 4 is 21.4 Å². The molecule has 18 heavy (non-hydrogen) atoms.